The van der Waals surface area contributed by atoms with Crippen molar-refractivity contribution in [2.75, 3.05) is 6.54 Å². The van der Waals surface area contributed by atoms with E-state index in [4.69, 9.17) is 0 Å². The number of benzene rings is 3. The Hall–Kier alpha value is -4.78. The summed E-state index contributed by atoms with van der Waals surface area (Å²) < 4.78 is 58.5. The van der Waals surface area contributed by atoms with Crippen LogP contribution in [0, 0.1) is 12.7 Å². The number of rotatable bonds is 10. The van der Waals surface area contributed by atoms with E-state index >= 15 is 0 Å². The van der Waals surface area contributed by atoms with Crippen LogP contribution in [0.15, 0.2) is 83.4 Å². The second kappa shape index (κ2) is 14.3. The van der Waals surface area contributed by atoms with Crippen LogP contribution in [0.3, 0.4) is 0 Å². The van der Waals surface area contributed by atoms with Crippen LogP contribution < -0.4 is 14.9 Å². The predicted molar refractivity (Wildman–Crippen MR) is 173 cm³/mol. The molecule has 5 rings (SSSR count). The van der Waals surface area contributed by atoms with Crippen LogP contribution in [0.1, 0.15) is 62.3 Å². The first-order valence-electron chi connectivity index (χ1n) is 15.1. The molecular weight excluding hydrogens is 632 g/mol. The number of aromatic nitrogens is 4. The van der Waals surface area contributed by atoms with Crippen molar-refractivity contribution in [2.45, 2.75) is 58.7 Å². The van der Waals surface area contributed by atoms with Crippen LogP contribution in [0.25, 0.3) is 22.8 Å². The quantitative estimate of drug-likeness (QED) is 0.120. The van der Waals surface area contributed by atoms with Gasteiger partial charge in [-0.2, -0.15) is 4.99 Å². The van der Waals surface area contributed by atoms with Crippen LogP contribution >= 0.6 is 11.3 Å². The van der Waals surface area contributed by atoms with Crippen molar-refractivity contribution in [2.24, 2.45) is 4.99 Å². The Morgan fingerprint density at radius 2 is 1.77 bits per heavy atom. The van der Waals surface area contributed by atoms with Crippen LogP contribution in [0.2, 0.25) is 0 Å². The molecule has 0 saturated heterocycles. The Morgan fingerprint density at radius 1 is 1.04 bits per heavy atom. The summed E-state index contributed by atoms with van der Waals surface area (Å²) in [6.45, 7) is 8.52. The number of ether oxygens (including phenoxy) is 1. The van der Waals surface area contributed by atoms with Crippen LogP contribution in [-0.4, -0.2) is 38.3 Å². The van der Waals surface area contributed by atoms with Gasteiger partial charge in [0.1, 0.15) is 17.9 Å². The van der Waals surface area contributed by atoms with E-state index in [0.29, 0.717) is 22.9 Å². The van der Waals surface area contributed by atoms with E-state index in [1.54, 1.807) is 6.07 Å². The third-order valence-electron chi connectivity index (χ3n) is 7.58. The van der Waals surface area contributed by atoms with Gasteiger partial charge >= 0.3 is 12.4 Å². The SMILES string of the molecule is Cc1csc(=NC(=O)NCCCC(C)c2ccc(-c3ncn(-c4ccc(OC(F)(F)F)cc4)n3)cc2)n1-c1ccc(F)cc1C(C)C. The third-order valence-corrected chi connectivity index (χ3v) is 8.53. The molecule has 8 nitrogen and oxygen atoms in total. The lowest BCUT2D eigenvalue weighted by Gasteiger charge is -2.15. The Kier molecular flexibility index (Phi) is 10.2. The molecule has 0 aliphatic carbocycles. The van der Waals surface area contributed by atoms with Gasteiger partial charge in [0.15, 0.2) is 10.6 Å². The highest BCUT2D eigenvalue weighted by atomic mass is 32.1. The van der Waals surface area contributed by atoms with E-state index in [-0.39, 0.29) is 23.4 Å². The number of hydrogen-bond donors (Lipinski definition) is 1. The van der Waals surface area contributed by atoms with E-state index < -0.39 is 12.4 Å². The summed E-state index contributed by atoms with van der Waals surface area (Å²) in [6.07, 6.45) is -1.66. The number of aryl methyl sites for hydroxylation is 1. The highest BCUT2D eigenvalue weighted by Gasteiger charge is 2.31. The van der Waals surface area contributed by atoms with Crippen LogP contribution in [0.4, 0.5) is 22.4 Å². The molecule has 0 spiro atoms. The van der Waals surface area contributed by atoms with Crippen molar-refractivity contribution in [3.05, 3.63) is 106 Å². The van der Waals surface area contributed by atoms with Gasteiger partial charge in [0.25, 0.3) is 0 Å². The molecule has 1 atom stereocenters. The zero-order chi connectivity index (χ0) is 33.7. The molecule has 246 valence electrons. The highest BCUT2D eigenvalue weighted by Crippen LogP contribution is 2.27. The molecular formula is C34H34F4N6O2S. The molecule has 0 fully saturated rings. The van der Waals surface area contributed by atoms with Gasteiger partial charge in [-0.1, -0.05) is 45.0 Å². The maximum atomic E-state index is 14.0. The number of carbonyl (C=O) groups excluding carboxylic acids is 1. The zero-order valence-corrected chi connectivity index (χ0v) is 27.1. The van der Waals surface area contributed by atoms with Gasteiger partial charge in [0, 0.05) is 23.2 Å². The lowest BCUT2D eigenvalue weighted by atomic mass is 9.95. The summed E-state index contributed by atoms with van der Waals surface area (Å²) in [5.74, 6) is 0.190. The normalized spacial score (nSPS) is 12.8. The number of amides is 2. The maximum absolute atomic E-state index is 14.0. The molecule has 0 aliphatic heterocycles. The van der Waals surface area contributed by atoms with Crippen LogP contribution in [0.5, 0.6) is 5.75 Å². The summed E-state index contributed by atoms with van der Waals surface area (Å²) in [5, 5.41) is 9.26. The lowest BCUT2D eigenvalue weighted by Crippen LogP contribution is -2.26. The molecule has 0 aliphatic rings. The molecule has 5 aromatic rings. The molecule has 2 aromatic heterocycles. The van der Waals surface area contributed by atoms with Crippen molar-refractivity contribution in [3.63, 3.8) is 0 Å². The molecule has 0 saturated carbocycles. The van der Waals surface area contributed by atoms with Gasteiger partial charge in [-0.05, 0) is 85.2 Å². The molecule has 3 aromatic carbocycles. The largest absolute Gasteiger partial charge is 0.573 e. The van der Waals surface area contributed by atoms with E-state index in [0.717, 1.165) is 40.9 Å². The number of thiazole rings is 1. The number of halogens is 4. The first kappa shape index (κ1) is 33.6. The zero-order valence-electron chi connectivity index (χ0n) is 26.3. The standard InChI is InChI=1S/C34H34F4N6O2S/c1-21(2)29-18-26(35)11-16-30(29)44-23(4)19-47-33(44)41-32(45)39-17-5-6-22(3)24-7-9-25(10-8-24)31-40-20-43(42-31)27-12-14-28(15-13-27)46-34(36,37)38/h7-16,18-22H,5-6,17H2,1-4H3,(H,39,45). The Morgan fingerprint density at radius 3 is 2.45 bits per heavy atom. The molecule has 0 radical (unpaired) electrons. The van der Waals surface area contributed by atoms with Gasteiger partial charge < -0.3 is 10.1 Å². The predicted octanol–water partition coefficient (Wildman–Crippen LogP) is 8.45. The minimum absolute atomic E-state index is 0.0900. The second-order valence-corrected chi connectivity index (χ2v) is 12.3. The number of nitrogens with zero attached hydrogens (tertiary/aromatic N) is 5. The fourth-order valence-corrected chi connectivity index (χ4v) is 6.00. The summed E-state index contributed by atoms with van der Waals surface area (Å²) in [7, 11) is 0. The summed E-state index contributed by atoms with van der Waals surface area (Å²) >= 11 is 1.36. The monoisotopic (exact) mass is 666 g/mol. The van der Waals surface area contributed by atoms with Crippen molar-refractivity contribution in [1.29, 1.82) is 0 Å². The third kappa shape index (κ3) is 8.53. The Balaban J connectivity index is 1.14. The summed E-state index contributed by atoms with van der Waals surface area (Å²) in [4.78, 5) is 21.9. The Labute approximate surface area is 273 Å². The topological polar surface area (TPSA) is 86.3 Å². The molecule has 0 bridgehead atoms. The number of nitrogens with one attached hydrogen (secondary N) is 1. The van der Waals surface area contributed by atoms with Crippen LogP contribution in [-0.2, 0) is 0 Å². The second-order valence-electron chi connectivity index (χ2n) is 11.4. The molecule has 2 heterocycles. The number of urea groups is 1. The van der Waals surface area contributed by atoms with E-state index in [1.165, 1.54) is 58.7 Å². The van der Waals surface area contributed by atoms with Gasteiger partial charge in [0.05, 0.1) is 11.4 Å². The molecule has 13 heteroatoms. The number of carbonyl (C=O) groups is 1. The highest BCUT2D eigenvalue weighted by molar-refractivity contribution is 7.07. The summed E-state index contributed by atoms with van der Waals surface area (Å²) in [6, 6.07) is 17.5. The number of hydrogen-bond acceptors (Lipinski definition) is 5. The number of alkyl halides is 3. The first-order valence-corrected chi connectivity index (χ1v) is 15.9. The van der Waals surface area contributed by atoms with E-state index in [9.17, 15) is 22.4 Å². The molecule has 1 unspecified atom stereocenters. The lowest BCUT2D eigenvalue weighted by molar-refractivity contribution is -0.274. The minimum Gasteiger partial charge on any atom is -0.406 e. The van der Waals surface area contributed by atoms with E-state index in [2.05, 4.69) is 32.1 Å². The molecule has 2 amide bonds. The smallest absolute Gasteiger partial charge is 0.406 e. The van der Waals surface area contributed by atoms with Crippen molar-refractivity contribution < 1.29 is 27.1 Å². The first-order chi connectivity index (χ1) is 22.4. The minimum atomic E-state index is -4.75. The summed E-state index contributed by atoms with van der Waals surface area (Å²) in [5.41, 5.74) is 5.03. The average Bonchev–Trinajstić information content (AvgIpc) is 3.66. The van der Waals surface area contributed by atoms with Gasteiger partial charge in [-0.25, -0.2) is 18.9 Å². The van der Waals surface area contributed by atoms with Crippen molar-refractivity contribution in [1.82, 2.24) is 24.6 Å². The van der Waals surface area contributed by atoms with Gasteiger partial charge in [-0.3, -0.25) is 4.57 Å². The average molecular weight is 667 g/mol. The van der Waals surface area contributed by atoms with E-state index in [1.807, 2.05) is 55.0 Å². The van der Waals surface area contributed by atoms with Crippen molar-refractivity contribution in [3.8, 4) is 28.5 Å². The Bertz CT molecular complexity index is 1890. The fraction of sp³-hybridized carbons (Fsp3) is 0.294. The molecule has 47 heavy (non-hydrogen) atoms. The molecule has 1 N–H and O–H groups in total. The van der Waals surface area contributed by atoms with Crippen molar-refractivity contribution >= 4 is 17.4 Å². The fourth-order valence-electron chi connectivity index (χ4n) is 5.13. The maximum Gasteiger partial charge on any atom is 0.573 e. The van der Waals surface area contributed by atoms with Gasteiger partial charge in [0.2, 0.25) is 0 Å². The van der Waals surface area contributed by atoms with Gasteiger partial charge in [-0.15, -0.1) is 29.6 Å².